The van der Waals surface area contributed by atoms with Crippen molar-refractivity contribution in [3.8, 4) is 11.1 Å². The quantitative estimate of drug-likeness (QED) is 0.684. The Morgan fingerprint density at radius 1 is 1.06 bits per heavy atom. The second-order valence-electron chi connectivity index (χ2n) is 7.52. The fraction of sp³-hybridized carbons (Fsp3) is 0.174. The molecular formula is C23H19N5O3. The van der Waals surface area contributed by atoms with Gasteiger partial charge in [-0.1, -0.05) is 36.4 Å². The van der Waals surface area contributed by atoms with Gasteiger partial charge in [0.1, 0.15) is 11.7 Å². The Morgan fingerprint density at radius 2 is 1.90 bits per heavy atom. The van der Waals surface area contributed by atoms with Crippen LogP contribution in [0.3, 0.4) is 0 Å². The van der Waals surface area contributed by atoms with E-state index < -0.39 is 18.0 Å². The van der Waals surface area contributed by atoms with Crippen LogP contribution in [0.4, 0.5) is 5.69 Å². The zero-order valence-electron chi connectivity index (χ0n) is 16.5. The molecule has 154 valence electrons. The van der Waals surface area contributed by atoms with Crippen LogP contribution in [0, 0.1) is 0 Å². The molecule has 2 aromatic carbocycles. The number of rotatable bonds is 3. The Kier molecular flexibility index (Phi) is 4.66. The molecule has 8 nitrogen and oxygen atoms in total. The second kappa shape index (κ2) is 7.64. The third-order valence-corrected chi connectivity index (χ3v) is 5.65. The van der Waals surface area contributed by atoms with Crippen molar-refractivity contribution in [2.24, 2.45) is 0 Å². The smallest absolute Gasteiger partial charge is 0.271 e. The van der Waals surface area contributed by atoms with E-state index in [0.29, 0.717) is 24.2 Å². The lowest BCUT2D eigenvalue weighted by atomic mass is 10.0. The largest absolute Gasteiger partial charge is 0.345 e. The first kappa shape index (κ1) is 18.9. The van der Waals surface area contributed by atoms with E-state index in [-0.39, 0.29) is 17.5 Å². The second-order valence-corrected chi connectivity index (χ2v) is 7.52. The number of nitrogens with one attached hydrogen (secondary N) is 2. The molecule has 2 aliphatic rings. The lowest BCUT2D eigenvalue weighted by molar-refractivity contribution is -0.120. The van der Waals surface area contributed by atoms with Gasteiger partial charge >= 0.3 is 0 Å². The molecule has 3 heterocycles. The predicted octanol–water partition coefficient (Wildman–Crippen LogP) is 2.11. The first-order valence-electron chi connectivity index (χ1n) is 10.00. The minimum Gasteiger partial charge on any atom is -0.345 e. The van der Waals surface area contributed by atoms with Crippen molar-refractivity contribution in [1.29, 1.82) is 0 Å². The van der Waals surface area contributed by atoms with E-state index in [1.807, 2.05) is 36.4 Å². The van der Waals surface area contributed by atoms with Gasteiger partial charge in [0.25, 0.3) is 11.8 Å². The molecule has 1 aromatic heterocycles. The minimum atomic E-state index is -0.791. The van der Waals surface area contributed by atoms with Crippen molar-refractivity contribution in [3.63, 3.8) is 0 Å². The molecule has 31 heavy (non-hydrogen) atoms. The molecule has 3 aromatic rings. The number of carbonyl (C=O) groups excluding carboxylic acids is 3. The summed E-state index contributed by atoms with van der Waals surface area (Å²) < 4.78 is 0. The zero-order chi connectivity index (χ0) is 21.4. The average Bonchev–Trinajstić information content (AvgIpc) is 3.19. The van der Waals surface area contributed by atoms with Gasteiger partial charge in [-0.3, -0.25) is 19.4 Å². The zero-order valence-corrected chi connectivity index (χ0v) is 16.5. The summed E-state index contributed by atoms with van der Waals surface area (Å²) in [6.45, 7) is 0.372. The van der Waals surface area contributed by atoms with E-state index >= 15 is 0 Å². The molecule has 0 aliphatic carbocycles. The van der Waals surface area contributed by atoms with Crippen LogP contribution in [0.2, 0.25) is 0 Å². The number of fused-ring (bicyclic) bond motifs is 2. The molecule has 0 saturated carbocycles. The number of hydrogen-bond donors (Lipinski definition) is 2. The molecule has 2 unspecified atom stereocenters. The summed E-state index contributed by atoms with van der Waals surface area (Å²) in [5.41, 5.74) is 2.96. The lowest BCUT2D eigenvalue weighted by Crippen LogP contribution is -2.51. The third kappa shape index (κ3) is 3.42. The van der Waals surface area contributed by atoms with Gasteiger partial charge < -0.3 is 15.5 Å². The van der Waals surface area contributed by atoms with Crippen LogP contribution < -0.4 is 10.6 Å². The van der Waals surface area contributed by atoms with Crippen molar-refractivity contribution in [1.82, 2.24) is 20.2 Å². The number of aromatic nitrogens is 2. The highest BCUT2D eigenvalue weighted by Gasteiger charge is 2.45. The molecular weight excluding hydrogens is 394 g/mol. The van der Waals surface area contributed by atoms with Crippen molar-refractivity contribution in [2.75, 3.05) is 11.9 Å². The number of amides is 3. The van der Waals surface area contributed by atoms with Gasteiger partial charge in [0.05, 0.1) is 23.5 Å². The maximum absolute atomic E-state index is 13.3. The molecule has 8 heteroatoms. The van der Waals surface area contributed by atoms with E-state index in [1.54, 1.807) is 12.1 Å². The van der Waals surface area contributed by atoms with Gasteiger partial charge in [-0.15, -0.1) is 0 Å². The summed E-state index contributed by atoms with van der Waals surface area (Å²) in [4.78, 5) is 48.3. The molecule has 1 saturated heterocycles. The average molecular weight is 413 g/mol. The van der Waals surface area contributed by atoms with Gasteiger partial charge in [-0.25, -0.2) is 4.98 Å². The van der Waals surface area contributed by atoms with Gasteiger partial charge in [0, 0.05) is 18.9 Å². The lowest BCUT2D eigenvalue weighted by Gasteiger charge is -2.24. The van der Waals surface area contributed by atoms with Crippen molar-refractivity contribution < 1.29 is 14.4 Å². The summed E-state index contributed by atoms with van der Waals surface area (Å²) in [5, 5.41) is 5.71. The van der Waals surface area contributed by atoms with Gasteiger partial charge in [-0.05, 0) is 29.7 Å². The Bertz CT molecular complexity index is 1170. The first-order valence-corrected chi connectivity index (χ1v) is 10.00. The van der Waals surface area contributed by atoms with Crippen molar-refractivity contribution >= 4 is 23.4 Å². The van der Waals surface area contributed by atoms with E-state index in [1.165, 1.54) is 23.5 Å². The fourth-order valence-corrected chi connectivity index (χ4v) is 4.16. The highest BCUT2D eigenvalue weighted by molar-refractivity contribution is 6.11. The molecule has 5 rings (SSSR count). The van der Waals surface area contributed by atoms with Crippen LogP contribution in [0.25, 0.3) is 11.1 Å². The third-order valence-electron chi connectivity index (χ3n) is 5.65. The topological polar surface area (TPSA) is 104 Å². The van der Waals surface area contributed by atoms with Crippen LogP contribution in [-0.2, 0) is 4.79 Å². The Morgan fingerprint density at radius 3 is 2.68 bits per heavy atom. The van der Waals surface area contributed by atoms with E-state index in [4.69, 9.17) is 0 Å². The highest BCUT2D eigenvalue weighted by Crippen LogP contribution is 2.32. The maximum Gasteiger partial charge on any atom is 0.271 e. The van der Waals surface area contributed by atoms with E-state index in [9.17, 15) is 14.4 Å². The maximum atomic E-state index is 13.3. The van der Waals surface area contributed by atoms with Crippen molar-refractivity contribution in [3.05, 3.63) is 78.4 Å². The van der Waals surface area contributed by atoms with E-state index in [0.717, 1.165) is 11.1 Å². The van der Waals surface area contributed by atoms with Gasteiger partial charge in [-0.2, -0.15) is 0 Å². The molecule has 2 atom stereocenters. The van der Waals surface area contributed by atoms with Crippen molar-refractivity contribution in [2.45, 2.75) is 18.5 Å². The molecule has 2 N–H and O–H groups in total. The van der Waals surface area contributed by atoms with Crippen LogP contribution in [0.5, 0.6) is 0 Å². The Labute approximate surface area is 178 Å². The predicted molar refractivity (Wildman–Crippen MR) is 113 cm³/mol. The molecule has 0 bridgehead atoms. The molecule has 0 radical (unpaired) electrons. The summed E-state index contributed by atoms with van der Waals surface area (Å²) in [5.74, 6) is -0.970. The van der Waals surface area contributed by atoms with Crippen LogP contribution in [0.15, 0.2) is 67.1 Å². The molecule has 0 spiro atoms. The van der Waals surface area contributed by atoms with Gasteiger partial charge in [0.2, 0.25) is 5.91 Å². The number of nitrogens with zero attached hydrogens (tertiary/aromatic N) is 3. The number of hydrogen-bond acceptors (Lipinski definition) is 5. The summed E-state index contributed by atoms with van der Waals surface area (Å²) in [7, 11) is 0. The van der Waals surface area contributed by atoms with E-state index in [2.05, 4.69) is 20.6 Å². The van der Waals surface area contributed by atoms with Crippen LogP contribution >= 0.6 is 0 Å². The summed E-state index contributed by atoms with van der Waals surface area (Å²) in [6, 6.07) is 13.9. The van der Waals surface area contributed by atoms with Crippen LogP contribution in [-0.4, -0.2) is 51.2 Å². The first-order chi connectivity index (χ1) is 15.1. The monoisotopic (exact) mass is 413 g/mol. The van der Waals surface area contributed by atoms with Crippen LogP contribution in [0.1, 0.15) is 27.3 Å². The SMILES string of the molecule is O=C(NC1CCN2C(=O)c3cc(-c4ccccc4)ccc3NC(=O)C12)c1cnccn1. The fourth-order valence-electron chi connectivity index (χ4n) is 4.16. The summed E-state index contributed by atoms with van der Waals surface area (Å²) >= 11 is 0. The number of anilines is 1. The molecule has 2 aliphatic heterocycles. The Balaban J connectivity index is 1.43. The molecule has 1 fully saturated rings. The number of carbonyl (C=O) groups is 3. The normalized spacial score (nSPS) is 19.8. The minimum absolute atomic E-state index is 0.164. The summed E-state index contributed by atoms with van der Waals surface area (Å²) in [6.07, 6.45) is 4.75. The highest BCUT2D eigenvalue weighted by atomic mass is 16.2. The number of benzene rings is 2. The standard InChI is InChI=1S/C23H19N5O3/c29-21(19-13-24-9-10-25-19)27-18-8-11-28-20(18)22(30)26-17-7-6-15(12-16(17)23(28)31)14-4-2-1-3-5-14/h1-7,9-10,12-13,18,20H,8,11H2,(H,26,30)(H,27,29). The Hall–Kier alpha value is -4.07. The molecule has 3 amide bonds. The van der Waals surface area contributed by atoms with Gasteiger partial charge in [0.15, 0.2) is 0 Å².